The number of nitrogens with one attached hydrogen (secondary N) is 1. The van der Waals surface area contributed by atoms with Crippen molar-refractivity contribution >= 4 is 33.3 Å². The molecule has 0 heterocycles. The van der Waals surface area contributed by atoms with E-state index in [9.17, 15) is 28.1 Å². The summed E-state index contributed by atoms with van der Waals surface area (Å²) in [5.74, 6) is -1.74. The van der Waals surface area contributed by atoms with Crippen molar-refractivity contribution in [3.8, 4) is 0 Å². The Bertz CT molecular complexity index is 1050. The average molecular weight is 435 g/mol. The van der Waals surface area contributed by atoms with Crippen molar-refractivity contribution in [2.24, 2.45) is 0 Å². The molecule has 11 heteroatoms. The summed E-state index contributed by atoms with van der Waals surface area (Å²) in [6.45, 7) is 2.48. The number of aryl methyl sites for hydroxylation is 1. The van der Waals surface area contributed by atoms with Gasteiger partial charge in [0, 0.05) is 13.1 Å². The molecule has 1 unspecified atom stereocenters. The van der Waals surface area contributed by atoms with Gasteiger partial charge in [-0.25, -0.2) is 8.42 Å². The molecule has 1 N–H and O–H groups in total. The highest BCUT2D eigenvalue weighted by Gasteiger charge is 2.26. The van der Waals surface area contributed by atoms with E-state index >= 15 is 0 Å². The fourth-order valence-corrected chi connectivity index (χ4v) is 3.53. The number of sulfonamides is 1. The molecule has 0 bridgehead atoms. The van der Waals surface area contributed by atoms with Crippen LogP contribution >= 0.6 is 0 Å². The van der Waals surface area contributed by atoms with Gasteiger partial charge in [0.15, 0.2) is 6.10 Å². The Balaban J connectivity index is 1.99. The first kappa shape index (κ1) is 23.0. The number of hydrogen-bond donors (Lipinski definition) is 1. The topological polar surface area (TPSA) is 136 Å². The summed E-state index contributed by atoms with van der Waals surface area (Å²) < 4.78 is 30.8. The minimum absolute atomic E-state index is 0.0191. The Kier molecular flexibility index (Phi) is 7.24. The van der Waals surface area contributed by atoms with Gasteiger partial charge in [0.2, 0.25) is 10.0 Å². The van der Waals surface area contributed by atoms with Gasteiger partial charge in [-0.15, -0.1) is 0 Å². The van der Waals surface area contributed by atoms with Gasteiger partial charge in [-0.2, -0.15) is 4.31 Å². The van der Waals surface area contributed by atoms with Crippen LogP contribution in [0.3, 0.4) is 0 Å². The minimum Gasteiger partial charge on any atom is -0.452 e. The lowest BCUT2D eigenvalue weighted by molar-refractivity contribution is -0.383. The largest absolute Gasteiger partial charge is 0.452 e. The van der Waals surface area contributed by atoms with Crippen molar-refractivity contribution in [2.45, 2.75) is 24.8 Å². The fourth-order valence-electron chi connectivity index (χ4n) is 2.42. The van der Waals surface area contributed by atoms with E-state index in [4.69, 9.17) is 4.74 Å². The number of esters is 1. The molecule has 0 aromatic heterocycles. The van der Waals surface area contributed by atoms with Crippen molar-refractivity contribution in [1.82, 2.24) is 4.31 Å². The van der Waals surface area contributed by atoms with Crippen LogP contribution in [0.4, 0.5) is 11.4 Å². The minimum atomic E-state index is -3.91. The summed E-state index contributed by atoms with van der Waals surface area (Å²) in [5, 5.41) is 13.3. The summed E-state index contributed by atoms with van der Waals surface area (Å²) in [7, 11) is -2.70. The number of likely N-dealkylation sites (N-methyl/N-ethyl adjacent to an activating group) is 1. The van der Waals surface area contributed by atoms with Crippen LogP contribution in [0.5, 0.6) is 0 Å². The van der Waals surface area contributed by atoms with Gasteiger partial charge in [-0.1, -0.05) is 29.8 Å². The van der Waals surface area contributed by atoms with E-state index in [0.717, 1.165) is 9.87 Å². The molecule has 2 rings (SSSR count). The number of amides is 1. The number of para-hydroxylation sites is 2. The molecule has 0 aliphatic rings. The van der Waals surface area contributed by atoms with Gasteiger partial charge in [-0.05, 0) is 32.0 Å². The zero-order chi connectivity index (χ0) is 22.5. The van der Waals surface area contributed by atoms with Gasteiger partial charge >= 0.3 is 5.97 Å². The fraction of sp³-hybridized carbons (Fsp3) is 0.263. The Morgan fingerprint density at radius 2 is 1.77 bits per heavy atom. The number of carbonyl (C=O) groups is 2. The molecule has 0 aliphatic heterocycles. The number of hydrogen-bond acceptors (Lipinski definition) is 7. The summed E-state index contributed by atoms with van der Waals surface area (Å²) in [5.41, 5.74) is 0.525. The van der Waals surface area contributed by atoms with Crippen molar-refractivity contribution in [2.75, 3.05) is 18.9 Å². The second kappa shape index (κ2) is 9.46. The molecule has 1 atom stereocenters. The van der Waals surface area contributed by atoms with Gasteiger partial charge < -0.3 is 10.1 Å². The van der Waals surface area contributed by atoms with Crippen molar-refractivity contribution in [3.05, 3.63) is 64.2 Å². The smallest absolute Gasteiger partial charge is 0.322 e. The molecule has 0 spiro atoms. The van der Waals surface area contributed by atoms with E-state index < -0.39 is 39.5 Å². The van der Waals surface area contributed by atoms with Crippen LogP contribution < -0.4 is 5.32 Å². The lowest BCUT2D eigenvalue weighted by Gasteiger charge is -2.18. The lowest BCUT2D eigenvalue weighted by Crippen LogP contribution is -2.37. The van der Waals surface area contributed by atoms with Crippen LogP contribution in [0.15, 0.2) is 53.4 Å². The van der Waals surface area contributed by atoms with E-state index in [1.807, 2.05) is 6.92 Å². The molecule has 0 radical (unpaired) electrons. The highest BCUT2D eigenvalue weighted by atomic mass is 32.2. The third kappa shape index (κ3) is 5.61. The standard InChI is InChI=1S/C19H21N3O7S/c1-13-8-10-15(11-9-13)30(27,28)21(3)12-18(23)29-14(2)19(24)20-16-6-4-5-7-17(16)22(25)26/h4-11,14H,12H2,1-3H3,(H,20,24). The van der Waals surface area contributed by atoms with E-state index in [1.165, 1.54) is 50.4 Å². The third-order valence-corrected chi connectivity index (χ3v) is 5.93. The Morgan fingerprint density at radius 3 is 2.37 bits per heavy atom. The monoisotopic (exact) mass is 435 g/mol. The number of benzene rings is 2. The van der Waals surface area contributed by atoms with E-state index in [0.29, 0.717) is 0 Å². The molecular weight excluding hydrogens is 414 g/mol. The Morgan fingerprint density at radius 1 is 1.17 bits per heavy atom. The summed E-state index contributed by atoms with van der Waals surface area (Å²) in [6.07, 6.45) is -1.30. The predicted octanol–water partition coefficient (Wildman–Crippen LogP) is 2.09. The maximum atomic E-state index is 12.5. The van der Waals surface area contributed by atoms with E-state index in [1.54, 1.807) is 12.1 Å². The first-order chi connectivity index (χ1) is 14.0. The highest BCUT2D eigenvalue weighted by Crippen LogP contribution is 2.23. The zero-order valence-electron chi connectivity index (χ0n) is 16.6. The molecule has 30 heavy (non-hydrogen) atoms. The lowest BCUT2D eigenvalue weighted by atomic mass is 10.2. The molecule has 0 saturated heterocycles. The van der Waals surface area contributed by atoms with Crippen LogP contribution in [-0.2, 0) is 24.3 Å². The first-order valence-electron chi connectivity index (χ1n) is 8.79. The number of nitrogens with zero attached hydrogens (tertiary/aromatic N) is 2. The second-order valence-corrected chi connectivity index (χ2v) is 8.51. The Hall–Kier alpha value is -3.31. The van der Waals surface area contributed by atoms with E-state index in [2.05, 4.69) is 5.32 Å². The maximum absolute atomic E-state index is 12.5. The number of rotatable bonds is 8. The molecule has 2 aromatic carbocycles. The van der Waals surface area contributed by atoms with Crippen LogP contribution in [0.25, 0.3) is 0 Å². The Labute approximate surface area is 173 Å². The first-order valence-corrected chi connectivity index (χ1v) is 10.2. The molecule has 160 valence electrons. The van der Waals surface area contributed by atoms with Crippen LogP contribution in [0, 0.1) is 17.0 Å². The van der Waals surface area contributed by atoms with Crippen LogP contribution in [-0.4, -0.2) is 49.2 Å². The SMILES string of the molecule is Cc1ccc(S(=O)(=O)N(C)CC(=O)OC(C)C(=O)Nc2ccccc2[N+](=O)[O-])cc1. The number of ether oxygens (including phenoxy) is 1. The summed E-state index contributed by atoms with van der Waals surface area (Å²) in [4.78, 5) is 34.7. The molecule has 0 fully saturated rings. The maximum Gasteiger partial charge on any atom is 0.322 e. The second-order valence-electron chi connectivity index (χ2n) is 6.47. The number of carbonyl (C=O) groups excluding carboxylic acids is 2. The van der Waals surface area contributed by atoms with Crippen molar-refractivity contribution in [1.29, 1.82) is 0 Å². The van der Waals surface area contributed by atoms with Gasteiger partial charge in [0.25, 0.3) is 11.6 Å². The number of anilines is 1. The number of nitro groups is 1. The van der Waals surface area contributed by atoms with Crippen molar-refractivity contribution < 1.29 is 27.7 Å². The average Bonchev–Trinajstić information content (AvgIpc) is 2.68. The van der Waals surface area contributed by atoms with Gasteiger partial charge in [0.05, 0.1) is 9.82 Å². The summed E-state index contributed by atoms with van der Waals surface area (Å²) >= 11 is 0. The van der Waals surface area contributed by atoms with Crippen LogP contribution in [0.1, 0.15) is 12.5 Å². The van der Waals surface area contributed by atoms with Crippen molar-refractivity contribution in [3.63, 3.8) is 0 Å². The van der Waals surface area contributed by atoms with Crippen LogP contribution in [0.2, 0.25) is 0 Å². The number of nitro benzene ring substituents is 1. The highest BCUT2D eigenvalue weighted by molar-refractivity contribution is 7.89. The van der Waals surface area contributed by atoms with Gasteiger partial charge in [-0.3, -0.25) is 19.7 Å². The van der Waals surface area contributed by atoms with Gasteiger partial charge in [0.1, 0.15) is 12.2 Å². The molecular formula is C19H21N3O7S. The molecule has 1 amide bonds. The van der Waals surface area contributed by atoms with E-state index in [-0.39, 0.29) is 16.3 Å². The summed E-state index contributed by atoms with van der Waals surface area (Å²) in [6, 6.07) is 11.6. The molecule has 10 nitrogen and oxygen atoms in total. The quantitative estimate of drug-likeness (QED) is 0.381. The molecule has 0 aliphatic carbocycles. The zero-order valence-corrected chi connectivity index (χ0v) is 17.4. The normalized spacial score (nSPS) is 12.3. The molecule has 0 saturated carbocycles. The third-order valence-electron chi connectivity index (χ3n) is 4.12. The molecule has 2 aromatic rings. The predicted molar refractivity (Wildman–Crippen MR) is 108 cm³/mol.